The summed E-state index contributed by atoms with van der Waals surface area (Å²) in [5, 5.41) is 2.74. The molecule has 172 valence electrons. The maximum atomic E-state index is 11.0. The number of amides is 1. The summed E-state index contributed by atoms with van der Waals surface area (Å²) in [5.41, 5.74) is 0. The lowest BCUT2D eigenvalue weighted by Gasteiger charge is -2.08. The Morgan fingerprint density at radius 3 is 1.39 bits per heavy atom. The van der Waals surface area contributed by atoms with Crippen LogP contribution < -0.4 is 5.32 Å². The fourth-order valence-corrected chi connectivity index (χ4v) is 1.80. The molecule has 0 aliphatic rings. The van der Waals surface area contributed by atoms with E-state index in [9.17, 15) is 4.79 Å². The standard InChI is InChI=1S/C16H33NO6S.2C2H6/c1-3-16(18)17-4-5-19-6-7-20-8-9-21-10-11-22-12-13-23-14-15-24-2;2*1-2/h3-15H2,1-2H3,(H,17,18);2*1-2H3. The Kier molecular flexibility index (Phi) is 39.4. The Morgan fingerprint density at radius 1 is 0.679 bits per heavy atom. The van der Waals surface area contributed by atoms with E-state index in [4.69, 9.17) is 23.7 Å². The Bertz CT molecular complexity index is 273. The molecule has 0 saturated carbocycles. The van der Waals surface area contributed by atoms with Crippen molar-refractivity contribution in [1.82, 2.24) is 5.32 Å². The van der Waals surface area contributed by atoms with Crippen LogP contribution in [0.15, 0.2) is 0 Å². The van der Waals surface area contributed by atoms with Crippen LogP contribution >= 0.6 is 11.8 Å². The monoisotopic (exact) mass is 427 g/mol. The van der Waals surface area contributed by atoms with E-state index in [1.807, 2.05) is 34.6 Å². The predicted molar refractivity (Wildman–Crippen MR) is 118 cm³/mol. The zero-order chi connectivity index (χ0) is 21.7. The Morgan fingerprint density at radius 2 is 1.04 bits per heavy atom. The summed E-state index contributed by atoms with van der Waals surface area (Å²) in [6, 6.07) is 0. The van der Waals surface area contributed by atoms with Crippen LogP contribution in [0.3, 0.4) is 0 Å². The van der Waals surface area contributed by atoms with Gasteiger partial charge in [0.15, 0.2) is 0 Å². The van der Waals surface area contributed by atoms with Crippen LogP contribution in [-0.4, -0.2) is 90.5 Å². The van der Waals surface area contributed by atoms with Gasteiger partial charge >= 0.3 is 0 Å². The Labute approximate surface area is 177 Å². The molecular formula is C20H45NO6S. The van der Waals surface area contributed by atoms with Gasteiger partial charge in [-0.3, -0.25) is 4.79 Å². The normalized spacial score (nSPS) is 9.79. The summed E-state index contributed by atoms with van der Waals surface area (Å²) < 4.78 is 26.8. The largest absolute Gasteiger partial charge is 0.378 e. The van der Waals surface area contributed by atoms with Gasteiger partial charge in [0.05, 0.1) is 66.1 Å². The van der Waals surface area contributed by atoms with Crippen molar-refractivity contribution >= 4 is 17.7 Å². The van der Waals surface area contributed by atoms with Crippen molar-refractivity contribution < 1.29 is 28.5 Å². The van der Waals surface area contributed by atoms with Gasteiger partial charge < -0.3 is 29.0 Å². The predicted octanol–water partition coefficient (Wildman–Crippen LogP) is 3.01. The van der Waals surface area contributed by atoms with E-state index >= 15 is 0 Å². The quantitative estimate of drug-likeness (QED) is 0.318. The zero-order valence-corrected chi connectivity index (χ0v) is 19.9. The van der Waals surface area contributed by atoms with Crippen LogP contribution in [-0.2, 0) is 28.5 Å². The molecule has 0 rings (SSSR count). The molecule has 0 aliphatic heterocycles. The van der Waals surface area contributed by atoms with Gasteiger partial charge in [-0.15, -0.1) is 0 Å². The fraction of sp³-hybridized carbons (Fsp3) is 0.950. The SMILES string of the molecule is CC.CC.CCC(=O)NCCOCCOCCOCCOCCOCCSC. The first-order chi connectivity index (χ1) is 13.8. The molecule has 0 atom stereocenters. The Hall–Kier alpha value is -0.380. The lowest BCUT2D eigenvalue weighted by atomic mass is 10.4. The van der Waals surface area contributed by atoms with Gasteiger partial charge in [-0.1, -0.05) is 34.6 Å². The lowest BCUT2D eigenvalue weighted by Crippen LogP contribution is -2.26. The summed E-state index contributed by atoms with van der Waals surface area (Å²) in [7, 11) is 0. The third-order valence-electron chi connectivity index (χ3n) is 2.81. The molecule has 7 nitrogen and oxygen atoms in total. The molecule has 0 aromatic rings. The molecule has 0 saturated heterocycles. The molecule has 0 heterocycles. The Balaban J connectivity index is -0.00000146. The van der Waals surface area contributed by atoms with Gasteiger partial charge in [0.25, 0.3) is 0 Å². The molecule has 0 radical (unpaired) electrons. The van der Waals surface area contributed by atoms with E-state index < -0.39 is 0 Å². The van der Waals surface area contributed by atoms with E-state index in [1.54, 1.807) is 11.8 Å². The molecule has 0 aliphatic carbocycles. The van der Waals surface area contributed by atoms with Crippen molar-refractivity contribution in [3.05, 3.63) is 0 Å². The number of thioether (sulfide) groups is 1. The van der Waals surface area contributed by atoms with Crippen molar-refractivity contribution in [3.8, 4) is 0 Å². The molecule has 0 aromatic carbocycles. The summed E-state index contributed by atoms with van der Waals surface area (Å²) in [5.74, 6) is 1.06. The number of hydrogen-bond donors (Lipinski definition) is 1. The van der Waals surface area contributed by atoms with Crippen LogP contribution in [0.1, 0.15) is 41.0 Å². The molecule has 0 aromatic heterocycles. The zero-order valence-electron chi connectivity index (χ0n) is 19.1. The van der Waals surface area contributed by atoms with E-state index in [-0.39, 0.29) is 5.91 Å². The van der Waals surface area contributed by atoms with Gasteiger partial charge in [0, 0.05) is 18.7 Å². The van der Waals surface area contributed by atoms with Gasteiger partial charge in [-0.2, -0.15) is 11.8 Å². The van der Waals surface area contributed by atoms with E-state index in [1.165, 1.54) is 0 Å². The van der Waals surface area contributed by atoms with E-state index in [0.29, 0.717) is 72.4 Å². The molecule has 28 heavy (non-hydrogen) atoms. The summed E-state index contributed by atoms with van der Waals surface area (Å²) in [4.78, 5) is 11.0. The van der Waals surface area contributed by atoms with Gasteiger partial charge in [0.2, 0.25) is 5.91 Å². The molecule has 8 heteroatoms. The number of rotatable bonds is 19. The first-order valence-corrected chi connectivity index (χ1v) is 11.8. The second-order valence-corrected chi connectivity index (χ2v) is 5.74. The minimum atomic E-state index is 0.0408. The van der Waals surface area contributed by atoms with Crippen molar-refractivity contribution in [3.63, 3.8) is 0 Å². The molecular weight excluding hydrogens is 382 g/mol. The molecule has 0 bridgehead atoms. The average molecular weight is 428 g/mol. The summed E-state index contributed by atoms with van der Waals surface area (Å²) >= 11 is 1.77. The molecule has 0 unspecified atom stereocenters. The van der Waals surface area contributed by atoms with Gasteiger partial charge in [-0.05, 0) is 6.26 Å². The highest BCUT2D eigenvalue weighted by Gasteiger charge is 1.96. The van der Waals surface area contributed by atoms with Crippen LogP contribution in [0.5, 0.6) is 0 Å². The maximum absolute atomic E-state index is 11.0. The highest BCUT2D eigenvalue weighted by atomic mass is 32.2. The molecule has 1 amide bonds. The average Bonchev–Trinajstić information content (AvgIpc) is 2.75. The second kappa shape index (κ2) is 34.1. The topological polar surface area (TPSA) is 75.3 Å². The highest BCUT2D eigenvalue weighted by Crippen LogP contribution is 1.90. The number of carbonyl (C=O) groups is 1. The smallest absolute Gasteiger partial charge is 0.219 e. The van der Waals surface area contributed by atoms with Crippen molar-refractivity contribution in [2.75, 3.05) is 84.6 Å². The van der Waals surface area contributed by atoms with Crippen molar-refractivity contribution in [2.24, 2.45) is 0 Å². The third kappa shape index (κ3) is 33.2. The first kappa shape index (κ1) is 32.3. The van der Waals surface area contributed by atoms with Crippen LogP contribution in [0.25, 0.3) is 0 Å². The molecule has 1 N–H and O–H groups in total. The minimum Gasteiger partial charge on any atom is -0.378 e. The lowest BCUT2D eigenvalue weighted by molar-refractivity contribution is -0.121. The first-order valence-electron chi connectivity index (χ1n) is 10.5. The third-order valence-corrected chi connectivity index (χ3v) is 3.38. The van der Waals surface area contributed by atoms with Crippen molar-refractivity contribution in [1.29, 1.82) is 0 Å². The van der Waals surface area contributed by atoms with Crippen LogP contribution in [0.4, 0.5) is 0 Å². The number of ether oxygens (including phenoxy) is 5. The summed E-state index contributed by atoms with van der Waals surface area (Å²) in [6.07, 6.45) is 2.56. The van der Waals surface area contributed by atoms with Crippen LogP contribution in [0, 0.1) is 0 Å². The van der Waals surface area contributed by atoms with Gasteiger partial charge in [0.1, 0.15) is 0 Å². The number of carbonyl (C=O) groups excluding carboxylic acids is 1. The van der Waals surface area contributed by atoms with Crippen molar-refractivity contribution in [2.45, 2.75) is 41.0 Å². The minimum absolute atomic E-state index is 0.0408. The summed E-state index contributed by atoms with van der Waals surface area (Å²) in [6.45, 7) is 16.1. The number of nitrogens with one attached hydrogen (secondary N) is 1. The molecule has 0 spiro atoms. The number of hydrogen-bond acceptors (Lipinski definition) is 7. The highest BCUT2D eigenvalue weighted by molar-refractivity contribution is 7.98. The van der Waals surface area contributed by atoms with E-state index in [2.05, 4.69) is 11.6 Å². The molecule has 0 fully saturated rings. The maximum Gasteiger partial charge on any atom is 0.219 e. The fourth-order valence-electron chi connectivity index (χ4n) is 1.51. The second-order valence-electron chi connectivity index (χ2n) is 4.76. The van der Waals surface area contributed by atoms with E-state index in [0.717, 1.165) is 12.4 Å². The van der Waals surface area contributed by atoms with Crippen LogP contribution in [0.2, 0.25) is 0 Å². The van der Waals surface area contributed by atoms with Gasteiger partial charge in [-0.25, -0.2) is 0 Å².